The zero-order valence-corrected chi connectivity index (χ0v) is 13.0. The average molecular weight is 288 g/mol. The summed E-state index contributed by atoms with van der Waals surface area (Å²) in [5.41, 5.74) is 3.00. The summed E-state index contributed by atoms with van der Waals surface area (Å²) in [6.07, 6.45) is 5.05. The van der Waals surface area contributed by atoms with Crippen LogP contribution in [-0.4, -0.2) is 18.2 Å². The monoisotopic (exact) mass is 288 g/mol. The van der Waals surface area contributed by atoms with Crippen LogP contribution in [0.5, 0.6) is 0 Å². The molecule has 0 fully saturated rings. The molecule has 0 radical (unpaired) electrons. The Kier molecular flexibility index (Phi) is 7.48. The van der Waals surface area contributed by atoms with Gasteiger partial charge in [0.15, 0.2) is 0 Å². The molecule has 1 unspecified atom stereocenters. The van der Waals surface area contributed by atoms with Crippen LogP contribution in [0.2, 0.25) is 0 Å². The predicted molar refractivity (Wildman–Crippen MR) is 84.8 cm³/mol. The van der Waals surface area contributed by atoms with Gasteiger partial charge in [0.05, 0.1) is 13.2 Å². The highest BCUT2D eigenvalue weighted by Gasteiger charge is 2.11. The lowest BCUT2D eigenvalue weighted by molar-refractivity contribution is -0.134. The van der Waals surface area contributed by atoms with Crippen molar-refractivity contribution in [3.8, 4) is 0 Å². The molecule has 1 rings (SSSR count). The smallest absolute Gasteiger partial charge is 0.330 e. The third kappa shape index (κ3) is 6.91. The SMILES string of the molecule is COC(=O)/C=C(/CCC=C(C)C)CC(O)c1ccccc1. The van der Waals surface area contributed by atoms with Crippen LogP contribution in [0.15, 0.2) is 53.6 Å². The van der Waals surface area contributed by atoms with Crippen molar-refractivity contribution < 1.29 is 14.6 Å². The Morgan fingerprint density at radius 3 is 2.52 bits per heavy atom. The van der Waals surface area contributed by atoms with Crippen LogP contribution in [0.25, 0.3) is 0 Å². The summed E-state index contributed by atoms with van der Waals surface area (Å²) in [6.45, 7) is 4.09. The Hall–Kier alpha value is -1.87. The van der Waals surface area contributed by atoms with E-state index in [0.717, 1.165) is 24.0 Å². The number of hydrogen-bond donors (Lipinski definition) is 1. The van der Waals surface area contributed by atoms with Crippen molar-refractivity contribution >= 4 is 5.97 Å². The summed E-state index contributed by atoms with van der Waals surface area (Å²) in [5, 5.41) is 10.3. The van der Waals surface area contributed by atoms with E-state index in [9.17, 15) is 9.90 Å². The number of methoxy groups -OCH3 is 1. The summed E-state index contributed by atoms with van der Waals surface area (Å²) in [7, 11) is 1.36. The Morgan fingerprint density at radius 1 is 1.29 bits per heavy atom. The van der Waals surface area contributed by atoms with Gasteiger partial charge in [-0.25, -0.2) is 4.79 Å². The number of benzene rings is 1. The van der Waals surface area contributed by atoms with E-state index in [1.807, 2.05) is 44.2 Å². The number of aliphatic hydroxyl groups excluding tert-OH is 1. The molecule has 1 aromatic rings. The van der Waals surface area contributed by atoms with Crippen LogP contribution in [0.3, 0.4) is 0 Å². The maximum Gasteiger partial charge on any atom is 0.330 e. The van der Waals surface area contributed by atoms with Crippen molar-refractivity contribution in [2.45, 2.75) is 39.2 Å². The standard InChI is InChI=1S/C18H24O3/c1-14(2)8-7-9-15(13-18(20)21-3)12-17(19)16-10-5-4-6-11-16/h4-6,8,10-11,13,17,19H,7,9,12H2,1-3H3/b15-13-. The first-order valence-electron chi connectivity index (χ1n) is 7.16. The number of esters is 1. The molecule has 0 aliphatic rings. The third-order valence-electron chi connectivity index (χ3n) is 3.18. The van der Waals surface area contributed by atoms with E-state index in [-0.39, 0.29) is 5.97 Å². The van der Waals surface area contributed by atoms with Gasteiger partial charge in [-0.15, -0.1) is 0 Å². The van der Waals surface area contributed by atoms with E-state index in [2.05, 4.69) is 10.8 Å². The second-order valence-corrected chi connectivity index (χ2v) is 5.28. The van der Waals surface area contributed by atoms with Gasteiger partial charge in [0.25, 0.3) is 0 Å². The Bertz CT molecular complexity index is 496. The molecule has 21 heavy (non-hydrogen) atoms. The molecule has 0 aliphatic carbocycles. The van der Waals surface area contributed by atoms with Crippen LogP contribution < -0.4 is 0 Å². The van der Waals surface area contributed by atoms with E-state index in [0.29, 0.717) is 6.42 Å². The lowest BCUT2D eigenvalue weighted by Gasteiger charge is -2.13. The van der Waals surface area contributed by atoms with Crippen molar-refractivity contribution in [1.29, 1.82) is 0 Å². The largest absolute Gasteiger partial charge is 0.466 e. The number of aliphatic hydroxyl groups is 1. The average Bonchev–Trinajstić information content (AvgIpc) is 2.47. The fourth-order valence-electron chi connectivity index (χ4n) is 2.05. The van der Waals surface area contributed by atoms with Crippen molar-refractivity contribution in [3.05, 3.63) is 59.2 Å². The molecule has 0 aromatic heterocycles. The summed E-state index contributed by atoms with van der Waals surface area (Å²) in [6, 6.07) is 9.47. The van der Waals surface area contributed by atoms with Gasteiger partial charge in [0.2, 0.25) is 0 Å². The maximum absolute atomic E-state index is 11.4. The molecule has 0 saturated heterocycles. The highest BCUT2D eigenvalue weighted by Crippen LogP contribution is 2.23. The van der Waals surface area contributed by atoms with Crippen molar-refractivity contribution in [3.63, 3.8) is 0 Å². The minimum absolute atomic E-state index is 0.373. The fraction of sp³-hybridized carbons (Fsp3) is 0.389. The molecule has 1 atom stereocenters. The molecule has 0 spiro atoms. The van der Waals surface area contributed by atoms with Gasteiger partial charge in [-0.2, -0.15) is 0 Å². The summed E-state index contributed by atoms with van der Waals surface area (Å²) >= 11 is 0. The van der Waals surface area contributed by atoms with E-state index in [1.54, 1.807) is 0 Å². The molecule has 3 heteroatoms. The van der Waals surface area contributed by atoms with Gasteiger partial charge in [-0.1, -0.05) is 47.6 Å². The van der Waals surface area contributed by atoms with E-state index in [1.165, 1.54) is 18.8 Å². The summed E-state index contributed by atoms with van der Waals surface area (Å²) < 4.78 is 4.68. The molecule has 0 bridgehead atoms. The van der Waals surface area contributed by atoms with Crippen molar-refractivity contribution in [1.82, 2.24) is 0 Å². The number of rotatable bonds is 7. The van der Waals surface area contributed by atoms with Crippen LogP contribution in [0.4, 0.5) is 0 Å². The molecular formula is C18H24O3. The summed E-state index contributed by atoms with van der Waals surface area (Å²) in [5.74, 6) is -0.373. The number of hydrogen-bond acceptors (Lipinski definition) is 3. The normalized spacial score (nSPS) is 12.7. The van der Waals surface area contributed by atoms with E-state index >= 15 is 0 Å². The molecule has 1 aromatic carbocycles. The molecule has 3 nitrogen and oxygen atoms in total. The zero-order valence-electron chi connectivity index (χ0n) is 13.0. The first-order valence-corrected chi connectivity index (χ1v) is 7.16. The molecule has 1 N–H and O–H groups in total. The number of allylic oxidation sites excluding steroid dienone is 2. The zero-order chi connectivity index (χ0) is 15.7. The fourth-order valence-corrected chi connectivity index (χ4v) is 2.05. The number of carbonyl (C=O) groups is 1. The lowest BCUT2D eigenvalue weighted by Crippen LogP contribution is -2.03. The van der Waals surface area contributed by atoms with Gasteiger partial charge < -0.3 is 9.84 Å². The number of ether oxygens (including phenoxy) is 1. The minimum Gasteiger partial charge on any atom is -0.466 e. The van der Waals surface area contributed by atoms with Crippen molar-refractivity contribution in [2.75, 3.05) is 7.11 Å². The first-order chi connectivity index (χ1) is 10.0. The van der Waals surface area contributed by atoms with Crippen LogP contribution in [0.1, 0.15) is 44.8 Å². The maximum atomic E-state index is 11.4. The second-order valence-electron chi connectivity index (χ2n) is 5.28. The Labute approximate surface area is 127 Å². The molecular weight excluding hydrogens is 264 g/mol. The Balaban J connectivity index is 2.74. The van der Waals surface area contributed by atoms with Gasteiger partial charge >= 0.3 is 5.97 Å². The van der Waals surface area contributed by atoms with Crippen LogP contribution in [0, 0.1) is 0 Å². The molecule has 114 valence electrons. The molecule has 0 heterocycles. The highest BCUT2D eigenvalue weighted by molar-refractivity contribution is 5.82. The molecule has 0 aliphatic heterocycles. The van der Waals surface area contributed by atoms with Gasteiger partial charge in [0.1, 0.15) is 0 Å². The first kappa shape index (κ1) is 17.2. The van der Waals surface area contributed by atoms with Crippen LogP contribution >= 0.6 is 0 Å². The highest BCUT2D eigenvalue weighted by atomic mass is 16.5. The van der Waals surface area contributed by atoms with E-state index in [4.69, 9.17) is 0 Å². The third-order valence-corrected chi connectivity index (χ3v) is 3.18. The van der Waals surface area contributed by atoms with Gasteiger partial charge in [-0.05, 0) is 38.7 Å². The second kappa shape index (κ2) is 9.14. The molecule has 0 amide bonds. The van der Waals surface area contributed by atoms with Gasteiger partial charge in [-0.3, -0.25) is 0 Å². The number of carbonyl (C=O) groups excluding carboxylic acids is 1. The Morgan fingerprint density at radius 2 is 1.95 bits per heavy atom. The lowest BCUT2D eigenvalue weighted by atomic mass is 9.97. The van der Waals surface area contributed by atoms with Gasteiger partial charge in [0, 0.05) is 6.08 Å². The van der Waals surface area contributed by atoms with Crippen LogP contribution in [-0.2, 0) is 9.53 Å². The van der Waals surface area contributed by atoms with E-state index < -0.39 is 6.10 Å². The minimum atomic E-state index is -0.603. The predicted octanol–water partition coefficient (Wildman–Crippen LogP) is 3.96. The van der Waals surface area contributed by atoms with Crippen molar-refractivity contribution in [2.24, 2.45) is 0 Å². The topological polar surface area (TPSA) is 46.5 Å². The quantitative estimate of drug-likeness (QED) is 0.469. The molecule has 0 saturated carbocycles. The summed E-state index contributed by atoms with van der Waals surface area (Å²) in [4.78, 5) is 11.4.